The lowest BCUT2D eigenvalue weighted by molar-refractivity contribution is -0.123. The third-order valence-electron chi connectivity index (χ3n) is 3.87. The van der Waals surface area contributed by atoms with E-state index in [1.54, 1.807) is 24.3 Å². The second kappa shape index (κ2) is 8.83. The average Bonchev–Trinajstić information content (AvgIpc) is 2.91. The van der Waals surface area contributed by atoms with E-state index in [4.69, 9.17) is 27.9 Å². The molecule has 27 heavy (non-hydrogen) atoms. The van der Waals surface area contributed by atoms with E-state index in [0.717, 1.165) is 29.3 Å². The van der Waals surface area contributed by atoms with Gasteiger partial charge in [-0.1, -0.05) is 54.4 Å². The predicted octanol–water partition coefficient (Wildman–Crippen LogP) is 6.02. The van der Waals surface area contributed by atoms with Gasteiger partial charge in [0.1, 0.15) is 5.75 Å². The van der Waals surface area contributed by atoms with E-state index in [1.165, 1.54) is 4.90 Å². The molecule has 7 heteroatoms. The maximum Gasteiger partial charge on any atom is 0.293 e. The normalized spacial score (nSPS) is 15.7. The van der Waals surface area contributed by atoms with E-state index in [9.17, 15) is 9.59 Å². The first-order chi connectivity index (χ1) is 13.0. The fourth-order valence-corrected chi connectivity index (χ4v) is 3.69. The van der Waals surface area contributed by atoms with Crippen LogP contribution in [0.1, 0.15) is 24.5 Å². The van der Waals surface area contributed by atoms with Gasteiger partial charge in [0.15, 0.2) is 0 Å². The summed E-state index contributed by atoms with van der Waals surface area (Å²) in [6, 6.07) is 12.5. The molecule has 2 amide bonds. The average molecular weight is 422 g/mol. The molecule has 0 atom stereocenters. The van der Waals surface area contributed by atoms with Crippen LogP contribution in [0.4, 0.5) is 4.79 Å². The first-order valence-corrected chi connectivity index (χ1v) is 9.98. The van der Waals surface area contributed by atoms with Crippen molar-refractivity contribution in [3.05, 3.63) is 68.5 Å². The maximum atomic E-state index is 12.7. The molecule has 140 valence electrons. The van der Waals surface area contributed by atoms with Crippen molar-refractivity contribution >= 4 is 52.2 Å². The van der Waals surface area contributed by atoms with Crippen molar-refractivity contribution in [1.82, 2.24) is 4.90 Å². The number of halogens is 2. The highest BCUT2D eigenvalue weighted by Gasteiger charge is 2.35. The number of hydrogen-bond donors (Lipinski definition) is 0. The number of benzene rings is 2. The fraction of sp³-hybridized carbons (Fsp3) is 0.200. The monoisotopic (exact) mass is 421 g/mol. The van der Waals surface area contributed by atoms with Crippen molar-refractivity contribution in [1.29, 1.82) is 0 Å². The first kappa shape index (κ1) is 19.8. The van der Waals surface area contributed by atoms with Gasteiger partial charge in [0.05, 0.1) is 28.1 Å². The SMILES string of the molecule is CCCOc1ccccc1/C=C1/SC(=O)N(Cc2ccc(Cl)c(Cl)c2)C1=O. The Morgan fingerprint density at radius 3 is 2.63 bits per heavy atom. The highest BCUT2D eigenvalue weighted by molar-refractivity contribution is 8.18. The molecule has 2 aromatic carbocycles. The van der Waals surface area contributed by atoms with Crippen LogP contribution in [-0.2, 0) is 11.3 Å². The maximum absolute atomic E-state index is 12.7. The quantitative estimate of drug-likeness (QED) is 0.534. The Balaban J connectivity index is 1.81. The molecular formula is C20H17Cl2NO3S. The van der Waals surface area contributed by atoms with Crippen LogP contribution in [0.2, 0.25) is 10.0 Å². The number of carbonyl (C=O) groups excluding carboxylic acids is 2. The summed E-state index contributed by atoms with van der Waals surface area (Å²) in [6.07, 6.45) is 2.58. The lowest BCUT2D eigenvalue weighted by Crippen LogP contribution is -2.27. The van der Waals surface area contributed by atoms with E-state index < -0.39 is 0 Å². The largest absolute Gasteiger partial charge is 0.493 e. The van der Waals surface area contributed by atoms with Crippen molar-refractivity contribution in [3.8, 4) is 5.75 Å². The Morgan fingerprint density at radius 1 is 1.11 bits per heavy atom. The number of rotatable bonds is 6. The van der Waals surface area contributed by atoms with Gasteiger partial charge >= 0.3 is 0 Å². The van der Waals surface area contributed by atoms with E-state index in [0.29, 0.717) is 27.3 Å². The summed E-state index contributed by atoms with van der Waals surface area (Å²) in [5.74, 6) is 0.358. The second-order valence-corrected chi connectivity index (χ2v) is 7.71. The van der Waals surface area contributed by atoms with Crippen LogP contribution in [0.3, 0.4) is 0 Å². The number of carbonyl (C=O) groups is 2. The summed E-state index contributed by atoms with van der Waals surface area (Å²) < 4.78 is 5.71. The van der Waals surface area contributed by atoms with Gasteiger partial charge in [-0.05, 0) is 48.0 Å². The van der Waals surface area contributed by atoms with Crippen molar-refractivity contribution in [2.45, 2.75) is 19.9 Å². The summed E-state index contributed by atoms with van der Waals surface area (Å²) in [5, 5.41) is 0.501. The van der Waals surface area contributed by atoms with Crippen LogP contribution in [0.25, 0.3) is 6.08 Å². The zero-order chi connectivity index (χ0) is 19.4. The number of ether oxygens (including phenoxy) is 1. The minimum Gasteiger partial charge on any atom is -0.493 e. The molecule has 1 saturated heterocycles. The molecule has 0 unspecified atom stereocenters. The number of para-hydroxylation sites is 1. The van der Waals surface area contributed by atoms with Crippen molar-refractivity contribution in [2.24, 2.45) is 0 Å². The van der Waals surface area contributed by atoms with Crippen molar-refractivity contribution in [2.75, 3.05) is 6.61 Å². The standard InChI is InChI=1S/C20H17Cl2NO3S/c1-2-9-26-17-6-4-3-5-14(17)11-18-19(24)23(20(25)27-18)12-13-7-8-15(21)16(22)10-13/h3-8,10-11H,2,9,12H2,1H3/b18-11+. The summed E-state index contributed by atoms with van der Waals surface area (Å²) in [7, 11) is 0. The molecule has 0 saturated carbocycles. The number of hydrogen-bond acceptors (Lipinski definition) is 4. The van der Waals surface area contributed by atoms with Crippen LogP contribution in [0, 0.1) is 0 Å². The van der Waals surface area contributed by atoms with Gasteiger partial charge in [0.25, 0.3) is 11.1 Å². The first-order valence-electron chi connectivity index (χ1n) is 8.40. The molecule has 0 aliphatic carbocycles. The van der Waals surface area contributed by atoms with Gasteiger partial charge in [-0.25, -0.2) is 0 Å². The van der Waals surface area contributed by atoms with E-state index >= 15 is 0 Å². The van der Waals surface area contributed by atoms with Gasteiger partial charge in [0.2, 0.25) is 0 Å². The Bertz CT molecular complexity index is 914. The Morgan fingerprint density at radius 2 is 1.89 bits per heavy atom. The zero-order valence-corrected chi connectivity index (χ0v) is 16.9. The van der Waals surface area contributed by atoms with Crippen LogP contribution in [-0.4, -0.2) is 22.7 Å². The molecular weight excluding hydrogens is 405 g/mol. The summed E-state index contributed by atoms with van der Waals surface area (Å²) in [4.78, 5) is 26.6. The molecule has 0 radical (unpaired) electrons. The summed E-state index contributed by atoms with van der Waals surface area (Å²) in [5.41, 5.74) is 1.51. The van der Waals surface area contributed by atoms with Crippen LogP contribution in [0.15, 0.2) is 47.4 Å². The molecule has 1 aliphatic rings. The predicted molar refractivity (Wildman–Crippen MR) is 110 cm³/mol. The third kappa shape index (κ3) is 4.67. The Kier molecular flexibility index (Phi) is 6.47. The Hall–Kier alpha value is -1.95. The topological polar surface area (TPSA) is 46.6 Å². The highest BCUT2D eigenvalue weighted by atomic mass is 35.5. The molecule has 0 aromatic heterocycles. The number of imide groups is 1. The van der Waals surface area contributed by atoms with Crippen molar-refractivity contribution in [3.63, 3.8) is 0 Å². The minimum absolute atomic E-state index is 0.146. The molecule has 3 rings (SSSR count). The number of amides is 2. The Labute approximate surface area is 172 Å². The molecule has 0 N–H and O–H groups in total. The second-order valence-electron chi connectivity index (χ2n) is 5.90. The van der Waals surface area contributed by atoms with Crippen LogP contribution in [0.5, 0.6) is 5.75 Å². The minimum atomic E-state index is -0.332. The van der Waals surface area contributed by atoms with Gasteiger partial charge < -0.3 is 4.74 Å². The van der Waals surface area contributed by atoms with Gasteiger partial charge in [-0.2, -0.15) is 0 Å². The number of nitrogens with zero attached hydrogens (tertiary/aromatic N) is 1. The summed E-state index contributed by atoms with van der Waals surface area (Å²) in [6.45, 7) is 2.76. The van der Waals surface area contributed by atoms with Crippen LogP contribution < -0.4 is 4.74 Å². The molecule has 1 heterocycles. The molecule has 1 aliphatic heterocycles. The van der Waals surface area contributed by atoms with E-state index in [2.05, 4.69) is 0 Å². The smallest absolute Gasteiger partial charge is 0.293 e. The van der Waals surface area contributed by atoms with E-state index in [1.807, 2.05) is 31.2 Å². The highest BCUT2D eigenvalue weighted by Crippen LogP contribution is 2.35. The molecule has 1 fully saturated rings. The molecule has 0 bridgehead atoms. The summed E-state index contributed by atoms with van der Waals surface area (Å²) >= 11 is 12.9. The zero-order valence-electron chi connectivity index (χ0n) is 14.6. The van der Waals surface area contributed by atoms with E-state index in [-0.39, 0.29) is 17.7 Å². The molecule has 4 nitrogen and oxygen atoms in total. The molecule has 0 spiro atoms. The number of thioether (sulfide) groups is 1. The third-order valence-corrected chi connectivity index (χ3v) is 5.51. The lowest BCUT2D eigenvalue weighted by Gasteiger charge is -2.13. The van der Waals surface area contributed by atoms with Gasteiger partial charge in [0, 0.05) is 5.56 Å². The van der Waals surface area contributed by atoms with Crippen LogP contribution >= 0.6 is 35.0 Å². The van der Waals surface area contributed by atoms with Gasteiger partial charge in [-0.15, -0.1) is 0 Å². The lowest BCUT2D eigenvalue weighted by atomic mass is 10.1. The molecule has 2 aromatic rings. The van der Waals surface area contributed by atoms with Gasteiger partial charge in [-0.3, -0.25) is 14.5 Å². The van der Waals surface area contributed by atoms with Crippen molar-refractivity contribution < 1.29 is 14.3 Å². The fourth-order valence-electron chi connectivity index (χ4n) is 2.54.